The number of hydrogen-bond acceptors (Lipinski definition) is 1. The molecule has 0 aliphatic rings. The molecule has 3 radical (unpaired) electrons. The summed E-state index contributed by atoms with van der Waals surface area (Å²) < 4.78 is 4.35. The van der Waals surface area contributed by atoms with Gasteiger partial charge in [-0.25, -0.2) is 0 Å². The van der Waals surface area contributed by atoms with Crippen molar-refractivity contribution in [1.29, 1.82) is 0 Å². The smallest absolute Gasteiger partial charge is 0.246 e. The van der Waals surface area contributed by atoms with Crippen LogP contribution in [0.25, 0.3) is 0 Å². The Balaban J connectivity index is 1.97. The lowest BCUT2D eigenvalue weighted by molar-refractivity contribution is 0.375. The third-order valence-corrected chi connectivity index (χ3v) is 0.433. The fourth-order valence-electron chi connectivity index (χ4n) is 0. The molecule has 0 saturated carbocycles. The van der Waals surface area contributed by atoms with Crippen molar-refractivity contribution in [2.24, 2.45) is 0 Å². The Morgan fingerprint density at radius 1 is 2.00 bits per heavy atom. The van der Waals surface area contributed by atoms with Gasteiger partial charge in [0, 0.05) is 6.61 Å². The molecule has 0 aromatic rings. The molecule has 0 aromatic carbocycles. The molecule has 0 fully saturated rings. The average molecular weight is 73.1 g/mol. The lowest BCUT2D eigenvalue weighted by atomic mass is 10.9. The maximum atomic E-state index is 4.35. The highest BCUT2D eigenvalue weighted by Gasteiger charge is 1.53. The topological polar surface area (TPSA) is 9.23 Å². The molecule has 0 spiro atoms. The van der Waals surface area contributed by atoms with Crippen LogP contribution in [0.1, 0.15) is 6.92 Å². The Kier molecular flexibility index (Phi) is 3.32. The summed E-state index contributed by atoms with van der Waals surface area (Å²) in [6.45, 7) is 2.64. The highest BCUT2D eigenvalue weighted by Crippen LogP contribution is 1.50. The number of rotatable bonds is 1. The molecule has 0 amide bonds. The van der Waals surface area contributed by atoms with E-state index in [9.17, 15) is 0 Å². The van der Waals surface area contributed by atoms with Crippen LogP contribution in [0, 0.1) is 0 Å². The quantitative estimate of drug-likeness (QED) is 0.400. The molecule has 2 heteroatoms. The molecule has 0 heterocycles. The summed E-state index contributed by atoms with van der Waals surface area (Å²) in [7, 11) is 2.79. The molecule has 0 N–H and O–H groups in total. The fraction of sp³-hybridized carbons (Fsp3) is 1.00. The van der Waals surface area contributed by atoms with Crippen molar-refractivity contribution in [2.45, 2.75) is 6.92 Å². The SMILES string of the molecule is CCO[Si]. The molecule has 1 nitrogen and oxygen atoms in total. The Hall–Kier alpha value is 0.177. The van der Waals surface area contributed by atoms with Gasteiger partial charge in [-0.15, -0.1) is 0 Å². The van der Waals surface area contributed by atoms with Crippen LogP contribution in [0.4, 0.5) is 0 Å². The highest BCUT2D eigenvalue weighted by molar-refractivity contribution is 5.97. The van der Waals surface area contributed by atoms with Crippen molar-refractivity contribution < 1.29 is 4.43 Å². The van der Waals surface area contributed by atoms with Crippen molar-refractivity contribution in [3.05, 3.63) is 0 Å². The van der Waals surface area contributed by atoms with Crippen molar-refractivity contribution in [3.8, 4) is 0 Å². The van der Waals surface area contributed by atoms with Crippen molar-refractivity contribution in [2.75, 3.05) is 6.61 Å². The summed E-state index contributed by atoms with van der Waals surface area (Å²) in [5.41, 5.74) is 0. The molecular weight excluding hydrogens is 68.1 g/mol. The van der Waals surface area contributed by atoms with Gasteiger partial charge in [0.05, 0.1) is 0 Å². The van der Waals surface area contributed by atoms with Crippen LogP contribution in [0.5, 0.6) is 0 Å². The van der Waals surface area contributed by atoms with Gasteiger partial charge < -0.3 is 4.43 Å². The molecular formula is C2H5OSi. The molecule has 0 atom stereocenters. The first-order valence-corrected chi connectivity index (χ1v) is 1.61. The minimum absolute atomic E-state index is 0.733. The van der Waals surface area contributed by atoms with E-state index in [0.717, 1.165) is 6.61 Å². The third-order valence-electron chi connectivity index (χ3n) is 0.144. The van der Waals surface area contributed by atoms with E-state index < -0.39 is 0 Å². The standard InChI is InChI=1S/C2H5OSi/c1-2-3-4/h2H2,1H3. The van der Waals surface area contributed by atoms with Crippen LogP contribution in [-0.4, -0.2) is 17.1 Å². The van der Waals surface area contributed by atoms with Gasteiger partial charge in [-0.3, -0.25) is 0 Å². The fourth-order valence-corrected chi connectivity index (χ4v) is 0. The zero-order chi connectivity index (χ0) is 3.41. The Bertz CT molecular complexity index is 8.00. The summed E-state index contributed by atoms with van der Waals surface area (Å²) in [6, 6.07) is 0. The summed E-state index contributed by atoms with van der Waals surface area (Å²) in [6.07, 6.45) is 0. The largest absolute Gasteiger partial charge is 0.419 e. The molecule has 0 unspecified atom stereocenters. The van der Waals surface area contributed by atoms with Crippen molar-refractivity contribution >= 4 is 10.5 Å². The van der Waals surface area contributed by atoms with E-state index >= 15 is 0 Å². The van der Waals surface area contributed by atoms with Gasteiger partial charge >= 0.3 is 0 Å². The maximum Gasteiger partial charge on any atom is 0.246 e. The van der Waals surface area contributed by atoms with Gasteiger partial charge in [0.2, 0.25) is 10.5 Å². The Labute approximate surface area is 29.5 Å². The Morgan fingerprint density at radius 3 is 2.25 bits per heavy atom. The highest BCUT2D eigenvalue weighted by atomic mass is 28.2. The van der Waals surface area contributed by atoms with Gasteiger partial charge in [-0.2, -0.15) is 0 Å². The van der Waals surface area contributed by atoms with Crippen molar-refractivity contribution in [1.82, 2.24) is 0 Å². The van der Waals surface area contributed by atoms with Crippen LogP contribution in [0.2, 0.25) is 0 Å². The van der Waals surface area contributed by atoms with E-state index in [0.29, 0.717) is 0 Å². The van der Waals surface area contributed by atoms with E-state index in [1.54, 1.807) is 0 Å². The molecule has 0 saturated heterocycles. The van der Waals surface area contributed by atoms with E-state index in [-0.39, 0.29) is 0 Å². The van der Waals surface area contributed by atoms with Crippen LogP contribution >= 0.6 is 0 Å². The second kappa shape index (κ2) is 3.18. The minimum Gasteiger partial charge on any atom is -0.419 e. The zero-order valence-corrected chi connectivity index (χ0v) is 3.62. The van der Waals surface area contributed by atoms with E-state index in [1.165, 1.54) is 0 Å². The summed E-state index contributed by atoms with van der Waals surface area (Å²) in [5, 5.41) is 0. The van der Waals surface area contributed by atoms with Crippen LogP contribution in [-0.2, 0) is 4.43 Å². The molecule has 0 aromatic heterocycles. The number of hydrogen-bond donors (Lipinski definition) is 0. The normalized spacial score (nSPS) is 7.50. The van der Waals surface area contributed by atoms with Crippen LogP contribution < -0.4 is 0 Å². The first-order chi connectivity index (χ1) is 1.91. The van der Waals surface area contributed by atoms with E-state index in [4.69, 9.17) is 0 Å². The predicted molar refractivity (Wildman–Crippen MR) is 17.4 cm³/mol. The van der Waals surface area contributed by atoms with Crippen LogP contribution in [0.3, 0.4) is 0 Å². The zero-order valence-electron chi connectivity index (χ0n) is 2.62. The second-order valence-corrected chi connectivity index (χ2v) is 0.722. The van der Waals surface area contributed by atoms with Gasteiger partial charge in [-0.05, 0) is 6.92 Å². The molecule has 23 valence electrons. The summed E-state index contributed by atoms with van der Waals surface area (Å²) in [5.74, 6) is 0. The first kappa shape index (κ1) is 4.18. The van der Waals surface area contributed by atoms with Gasteiger partial charge in [0.25, 0.3) is 0 Å². The van der Waals surface area contributed by atoms with E-state index in [2.05, 4.69) is 14.9 Å². The minimum atomic E-state index is 0.733. The molecule has 0 aliphatic carbocycles. The summed E-state index contributed by atoms with van der Waals surface area (Å²) >= 11 is 0. The second-order valence-electron chi connectivity index (χ2n) is 0.433. The lowest BCUT2D eigenvalue weighted by Crippen LogP contribution is -1.76. The molecule has 0 rings (SSSR count). The van der Waals surface area contributed by atoms with Gasteiger partial charge in [-0.1, -0.05) is 0 Å². The monoisotopic (exact) mass is 73.0 g/mol. The van der Waals surface area contributed by atoms with E-state index in [1.807, 2.05) is 6.92 Å². The lowest BCUT2D eigenvalue weighted by Gasteiger charge is -1.75. The molecule has 0 aliphatic heterocycles. The predicted octanol–water partition coefficient (Wildman–Crippen LogP) is 0.106. The van der Waals surface area contributed by atoms with Crippen LogP contribution in [0.15, 0.2) is 0 Å². The first-order valence-electron chi connectivity index (χ1n) is 1.20. The third kappa shape index (κ3) is 2.18. The Morgan fingerprint density at radius 2 is 2.25 bits per heavy atom. The van der Waals surface area contributed by atoms with Gasteiger partial charge in [0.1, 0.15) is 0 Å². The molecule has 0 bridgehead atoms. The maximum absolute atomic E-state index is 4.35. The average Bonchev–Trinajstić information content (AvgIpc) is 1.37. The van der Waals surface area contributed by atoms with Crippen molar-refractivity contribution in [3.63, 3.8) is 0 Å². The summed E-state index contributed by atoms with van der Waals surface area (Å²) in [4.78, 5) is 0. The molecule has 4 heavy (non-hydrogen) atoms. The van der Waals surface area contributed by atoms with Gasteiger partial charge in [0.15, 0.2) is 0 Å².